The van der Waals surface area contributed by atoms with Crippen LogP contribution in [0.1, 0.15) is 75.1 Å². The van der Waals surface area contributed by atoms with Crippen molar-refractivity contribution in [3.05, 3.63) is 82.9 Å². The van der Waals surface area contributed by atoms with Crippen molar-refractivity contribution in [3.63, 3.8) is 0 Å². The minimum absolute atomic E-state index is 0.130. The van der Waals surface area contributed by atoms with E-state index in [1.807, 2.05) is 6.92 Å². The summed E-state index contributed by atoms with van der Waals surface area (Å²) in [6, 6.07) is 16.7. The van der Waals surface area contributed by atoms with E-state index in [-0.39, 0.29) is 29.7 Å². The summed E-state index contributed by atoms with van der Waals surface area (Å²) in [6.45, 7) is 9.68. The Morgan fingerprint density at radius 1 is 0.915 bits per heavy atom. The minimum Gasteiger partial charge on any atom is -0.455 e. The molecule has 1 saturated heterocycles. The monoisotopic (exact) mass is 646 g/mol. The first kappa shape index (κ1) is 33.1. The van der Waals surface area contributed by atoms with Gasteiger partial charge in [-0.25, -0.2) is 9.59 Å². The number of Topliss-reactive ketones (excluding diaryl/α,β-unsaturated/α-hetero) is 1. The SMILES string of the molecule is CC(=O)O[C@H]1C(=O)[C@@]2(C)C([C@H](OC(=O)c3ccccc3)[C@]3(O)C[C@H](O)C(C)=C1C3(C)C)[C@]1(OC(=O)c3ccccc3)CO[C@@H]1C[C@@H]2C. The normalized spacial score (nSPS) is 37.2. The average molecular weight is 647 g/mol. The van der Waals surface area contributed by atoms with E-state index in [1.165, 1.54) is 6.92 Å². The number of hydrogen-bond donors (Lipinski definition) is 2. The molecule has 10 nitrogen and oxygen atoms in total. The second-order valence-electron chi connectivity index (χ2n) is 14.3. The van der Waals surface area contributed by atoms with E-state index in [9.17, 15) is 24.6 Å². The highest BCUT2D eigenvalue weighted by atomic mass is 16.6. The molecule has 2 N–H and O–H groups in total. The molecule has 2 aromatic carbocycles. The summed E-state index contributed by atoms with van der Waals surface area (Å²) in [5.74, 6) is -4.28. The summed E-state index contributed by atoms with van der Waals surface area (Å²) < 4.78 is 24.7. The highest BCUT2D eigenvalue weighted by Crippen LogP contribution is 2.65. The molecule has 3 fully saturated rings. The summed E-state index contributed by atoms with van der Waals surface area (Å²) >= 11 is 0. The zero-order valence-electron chi connectivity index (χ0n) is 27.5. The molecule has 3 aliphatic carbocycles. The number of esters is 3. The van der Waals surface area contributed by atoms with E-state index in [0.717, 1.165) is 0 Å². The van der Waals surface area contributed by atoms with Gasteiger partial charge in [0.1, 0.15) is 17.8 Å². The molecule has 2 aromatic rings. The molecule has 250 valence electrons. The van der Waals surface area contributed by atoms with Gasteiger partial charge < -0.3 is 29.2 Å². The van der Waals surface area contributed by atoms with Gasteiger partial charge in [-0.2, -0.15) is 0 Å². The topological polar surface area (TPSA) is 146 Å². The molecule has 1 aliphatic heterocycles. The number of aliphatic hydroxyl groups excluding tert-OH is 1. The van der Waals surface area contributed by atoms with Crippen molar-refractivity contribution in [1.82, 2.24) is 0 Å². The third-order valence-electron chi connectivity index (χ3n) is 11.6. The summed E-state index contributed by atoms with van der Waals surface area (Å²) in [7, 11) is 0. The fraction of sp³-hybridized carbons (Fsp3) is 0.514. The molecule has 4 aliphatic rings. The van der Waals surface area contributed by atoms with Crippen molar-refractivity contribution in [2.75, 3.05) is 6.61 Å². The van der Waals surface area contributed by atoms with Crippen LogP contribution in [0.15, 0.2) is 71.8 Å². The smallest absolute Gasteiger partial charge is 0.338 e. The standard InChI is InChI=1S/C37H42O10/c1-20-17-26-36(19-44-26,47-33(42)24-15-11-8-12-16-24)29-31(46-32(41)23-13-9-7-10-14-23)37(43)18-25(39)21(2)27(34(37,4)5)28(45-22(3)38)30(40)35(20,29)6/h7-16,20,25-26,28-29,31,39,43H,17-19H2,1-6H3/t20-,25-,26+,28+,29?,31-,35+,36-,37+/m0/s1. The Bertz CT molecular complexity index is 1630. The molecule has 10 heteroatoms. The van der Waals surface area contributed by atoms with Gasteiger partial charge in [-0.15, -0.1) is 0 Å². The number of ether oxygens (including phenoxy) is 4. The zero-order chi connectivity index (χ0) is 34.1. The number of carbonyl (C=O) groups excluding carboxylic acids is 4. The first-order chi connectivity index (χ1) is 22.1. The first-order valence-corrected chi connectivity index (χ1v) is 16.1. The van der Waals surface area contributed by atoms with Gasteiger partial charge in [0.15, 0.2) is 17.5 Å². The lowest BCUT2D eigenvalue weighted by molar-refractivity contribution is -0.335. The first-order valence-electron chi connectivity index (χ1n) is 16.1. The predicted octanol–water partition coefficient (Wildman–Crippen LogP) is 4.22. The summed E-state index contributed by atoms with van der Waals surface area (Å²) in [4.78, 5) is 55.6. The number of aliphatic hydroxyl groups is 2. The molecule has 2 bridgehead atoms. The molecule has 1 unspecified atom stereocenters. The van der Waals surface area contributed by atoms with E-state index in [0.29, 0.717) is 12.0 Å². The largest absolute Gasteiger partial charge is 0.455 e. The highest BCUT2D eigenvalue weighted by Gasteiger charge is 2.77. The molecule has 0 aromatic heterocycles. The maximum Gasteiger partial charge on any atom is 0.338 e. The van der Waals surface area contributed by atoms with Gasteiger partial charge in [-0.3, -0.25) is 9.59 Å². The number of hydrogen-bond acceptors (Lipinski definition) is 10. The number of ketones is 1. The molecule has 6 rings (SSSR count). The molecule has 1 heterocycles. The second kappa shape index (κ2) is 11.4. The Morgan fingerprint density at radius 2 is 1.49 bits per heavy atom. The molecular formula is C37H42O10. The third kappa shape index (κ3) is 4.78. The van der Waals surface area contributed by atoms with Crippen LogP contribution in [0.25, 0.3) is 0 Å². The summed E-state index contributed by atoms with van der Waals surface area (Å²) in [6.07, 6.45) is -4.89. The van der Waals surface area contributed by atoms with Gasteiger partial charge in [-0.05, 0) is 54.7 Å². The lowest BCUT2D eigenvalue weighted by Gasteiger charge is -2.68. The van der Waals surface area contributed by atoms with Gasteiger partial charge in [0, 0.05) is 24.2 Å². The van der Waals surface area contributed by atoms with E-state index in [2.05, 4.69) is 0 Å². The van der Waals surface area contributed by atoms with Crippen molar-refractivity contribution in [3.8, 4) is 0 Å². The molecular weight excluding hydrogens is 604 g/mol. The number of fused-ring (bicyclic) bond motifs is 5. The van der Waals surface area contributed by atoms with Crippen LogP contribution < -0.4 is 0 Å². The average Bonchev–Trinajstić information content (AvgIpc) is 3.03. The van der Waals surface area contributed by atoms with E-state index in [1.54, 1.807) is 88.4 Å². The molecule has 9 atom stereocenters. The van der Waals surface area contributed by atoms with Crippen molar-refractivity contribution < 1.29 is 48.3 Å². The van der Waals surface area contributed by atoms with E-state index < -0.39 is 82.0 Å². The van der Waals surface area contributed by atoms with Crippen LogP contribution in [0, 0.1) is 22.7 Å². The van der Waals surface area contributed by atoms with Crippen molar-refractivity contribution in [1.29, 1.82) is 0 Å². The zero-order valence-corrected chi connectivity index (χ0v) is 27.5. The van der Waals surface area contributed by atoms with Crippen LogP contribution in [0.5, 0.6) is 0 Å². The molecule has 0 spiro atoms. The Kier molecular flexibility index (Phi) is 8.01. The van der Waals surface area contributed by atoms with Gasteiger partial charge in [0.2, 0.25) is 0 Å². The lowest BCUT2D eigenvalue weighted by atomic mass is 9.43. The molecule has 47 heavy (non-hydrogen) atoms. The maximum atomic E-state index is 15.2. The fourth-order valence-electron chi connectivity index (χ4n) is 8.74. The van der Waals surface area contributed by atoms with Gasteiger partial charge in [0.05, 0.1) is 29.8 Å². The summed E-state index contributed by atoms with van der Waals surface area (Å²) in [5, 5.41) is 24.6. The quantitative estimate of drug-likeness (QED) is 0.275. The van der Waals surface area contributed by atoms with Gasteiger partial charge >= 0.3 is 17.9 Å². The third-order valence-corrected chi connectivity index (χ3v) is 11.6. The van der Waals surface area contributed by atoms with Crippen LogP contribution in [0.3, 0.4) is 0 Å². The van der Waals surface area contributed by atoms with Gasteiger partial charge in [-0.1, -0.05) is 64.1 Å². The fourth-order valence-corrected chi connectivity index (χ4v) is 8.74. The molecule has 2 saturated carbocycles. The van der Waals surface area contributed by atoms with Gasteiger partial charge in [0.25, 0.3) is 0 Å². The highest BCUT2D eigenvalue weighted by molar-refractivity contribution is 5.95. The van der Waals surface area contributed by atoms with E-state index in [4.69, 9.17) is 18.9 Å². The molecule has 0 radical (unpaired) electrons. The Hall–Kier alpha value is -3.86. The Labute approximate surface area is 274 Å². The van der Waals surface area contributed by atoms with Crippen LogP contribution in [0.4, 0.5) is 0 Å². The van der Waals surface area contributed by atoms with Crippen molar-refractivity contribution >= 4 is 23.7 Å². The van der Waals surface area contributed by atoms with Crippen LogP contribution in [-0.2, 0) is 28.5 Å². The maximum absolute atomic E-state index is 15.2. The Morgan fingerprint density at radius 3 is 2.02 bits per heavy atom. The number of rotatable bonds is 5. The molecule has 0 amide bonds. The number of benzene rings is 2. The lowest BCUT2D eigenvalue weighted by Crippen LogP contribution is -2.80. The van der Waals surface area contributed by atoms with Crippen molar-refractivity contribution in [2.24, 2.45) is 22.7 Å². The van der Waals surface area contributed by atoms with Crippen LogP contribution >= 0.6 is 0 Å². The second-order valence-corrected chi connectivity index (χ2v) is 14.3. The minimum atomic E-state index is -2.04. The van der Waals surface area contributed by atoms with Crippen LogP contribution in [-0.4, -0.2) is 76.1 Å². The van der Waals surface area contributed by atoms with E-state index >= 15 is 4.79 Å². The van der Waals surface area contributed by atoms with Crippen LogP contribution in [0.2, 0.25) is 0 Å². The van der Waals surface area contributed by atoms with Crippen molar-refractivity contribution in [2.45, 2.75) is 90.0 Å². The Balaban J connectivity index is 1.63. The number of carbonyl (C=O) groups is 4. The predicted molar refractivity (Wildman–Crippen MR) is 168 cm³/mol. The summed E-state index contributed by atoms with van der Waals surface area (Å²) in [5.41, 5.74) is -5.31.